The molecule has 0 heterocycles. The van der Waals surface area contributed by atoms with Gasteiger partial charge < -0.3 is 20.3 Å². The van der Waals surface area contributed by atoms with Crippen LogP contribution >= 0.6 is 35.6 Å². The molecule has 0 aliphatic rings. The highest BCUT2D eigenvalue weighted by atomic mass is 127. The van der Waals surface area contributed by atoms with Crippen LogP contribution < -0.4 is 10.6 Å². The minimum absolute atomic E-state index is 0. The summed E-state index contributed by atoms with van der Waals surface area (Å²) in [5.74, 6) is 0.817. The molecule has 0 aliphatic heterocycles. The number of methoxy groups -OCH3 is 1. The first kappa shape index (κ1) is 23.4. The average Bonchev–Trinajstić information content (AvgIpc) is 2.54. The van der Waals surface area contributed by atoms with Gasteiger partial charge in [-0.25, -0.2) is 4.99 Å². The van der Waals surface area contributed by atoms with Crippen molar-refractivity contribution in [1.29, 1.82) is 0 Å². The molecule has 1 aromatic rings. The van der Waals surface area contributed by atoms with Gasteiger partial charge in [-0.2, -0.15) is 0 Å². The largest absolute Gasteiger partial charge is 0.385 e. The Balaban J connectivity index is 0.00000529. The van der Waals surface area contributed by atoms with Gasteiger partial charge in [0.05, 0.1) is 6.54 Å². The summed E-state index contributed by atoms with van der Waals surface area (Å²) >= 11 is 6.16. The molecule has 0 saturated heterocycles. The number of halogens is 2. The molecule has 0 radical (unpaired) electrons. The normalized spacial score (nSPS) is 11.3. The Hall–Kier alpha value is -0.570. The fourth-order valence-electron chi connectivity index (χ4n) is 2.09. The molecule has 0 spiro atoms. The van der Waals surface area contributed by atoms with Crippen LogP contribution in [-0.2, 0) is 11.3 Å². The van der Waals surface area contributed by atoms with Crippen LogP contribution in [0, 0.1) is 0 Å². The predicted molar refractivity (Wildman–Crippen MR) is 114 cm³/mol. The van der Waals surface area contributed by atoms with Gasteiger partial charge in [-0.15, -0.1) is 24.0 Å². The molecular weight excluding hydrogens is 439 g/mol. The van der Waals surface area contributed by atoms with Crippen LogP contribution in [0.3, 0.4) is 0 Å². The molecule has 5 nitrogen and oxygen atoms in total. The van der Waals surface area contributed by atoms with Crippen LogP contribution in [0.15, 0.2) is 29.3 Å². The van der Waals surface area contributed by atoms with Gasteiger partial charge in [0, 0.05) is 44.9 Å². The Morgan fingerprint density at radius 2 is 2.00 bits per heavy atom. The van der Waals surface area contributed by atoms with Crippen molar-refractivity contribution in [1.82, 2.24) is 15.5 Å². The maximum atomic E-state index is 6.16. The van der Waals surface area contributed by atoms with Crippen LogP contribution in [0.1, 0.15) is 18.9 Å². The van der Waals surface area contributed by atoms with E-state index < -0.39 is 0 Å². The van der Waals surface area contributed by atoms with Crippen molar-refractivity contribution < 1.29 is 4.74 Å². The Kier molecular flexibility index (Phi) is 14.4. The summed E-state index contributed by atoms with van der Waals surface area (Å²) in [6, 6.07) is 7.80. The van der Waals surface area contributed by atoms with Crippen LogP contribution in [-0.4, -0.2) is 57.8 Å². The number of guanidine groups is 1. The van der Waals surface area contributed by atoms with E-state index in [9.17, 15) is 0 Å². The number of nitrogens with zero attached hydrogens (tertiary/aromatic N) is 2. The SMILES string of the molecule is CCNC(=NCc1ccccc1Cl)NCCN(C)CCCOC.I. The molecule has 0 bridgehead atoms. The van der Waals surface area contributed by atoms with Crippen molar-refractivity contribution >= 4 is 41.5 Å². The number of aliphatic imine (C=N–C) groups is 1. The number of nitrogens with one attached hydrogen (secondary N) is 2. The van der Waals surface area contributed by atoms with E-state index in [0.29, 0.717) is 6.54 Å². The van der Waals surface area contributed by atoms with Crippen molar-refractivity contribution in [2.45, 2.75) is 19.9 Å². The van der Waals surface area contributed by atoms with E-state index in [1.54, 1.807) is 7.11 Å². The zero-order chi connectivity index (χ0) is 16.9. The zero-order valence-corrected chi connectivity index (χ0v) is 17.9. The molecule has 0 fully saturated rings. The minimum Gasteiger partial charge on any atom is -0.385 e. The number of hydrogen-bond acceptors (Lipinski definition) is 3. The Bertz CT molecular complexity index is 474. The summed E-state index contributed by atoms with van der Waals surface area (Å²) in [5, 5.41) is 7.36. The highest BCUT2D eigenvalue weighted by Crippen LogP contribution is 2.15. The van der Waals surface area contributed by atoms with Gasteiger partial charge in [-0.05, 0) is 32.0 Å². The van der Waals surface area contributed by atoms with Crippen molar-refractivity contribution in [3.8, 4) is 0 Å². The second-order valence-electron chi connectivity index (χ2n) is 5.36. The highest BCUT2D eigenvalue weighted by Gasteiger charge is 2.02. The van der Waals surface area contributed by atoms with Gasteiger partial charge in [-0.3, -0.25) is 0 Å². The molecular formula is C17H30ClIN4O. The molecule has 24 heavy (non-hydrogen) atoms. The molecule has 138 valence electrons. The molecule has 0 aromatic heterocycles. The standard InChI is InChI=1S/C17H29ClN4O.HI/c1-4-19-17(20-10-12-22(2)11-7-13-23-3)21-14-15-8-5-6-9-16(15)18;/h5-6,8-9H,4,7,10-14H2,1-3H3,(H2,19,20,21);1H. The fraction of sp³-hybridized carbons (Fsp3) is 0.588. The summed E-state index contributed by atoms with van der Waals surface area (Å²) in [6.45, 7) is 7.10. The van der Waals surface area contributed by atoms with Gasteiger partial charge in [0.1, 0.15) is 0 Å². The lowest BCUT2D eigenvalue weighted by Gasteiger charge is -2.18. The molecule has 7 heteroatoms. The summed E-state index contributed by atoms with van der Waals surface area (Å²) in [4.78, 5) is 6.87. The summed E-state index contributed by atoms with van der Waals surface area (Å²) in [7, 11) is 3.85. The van der Waals surface area contributed by atoms with Crippen LogP contribution in [0.5, 0.6) is 0 Å². The molecule has 0 aliphatic carbocycles. The van der Waals surface area contributed by atoms with Crippen LogP contribution in [0.25, 0.3) is 0 Å². The summed E-state index contributed by atoms with van der Waals surface area (Å²) in [5.41, 5.74) is 1.03. The Labute approximate surface area is 168 Å². The third kappa shape index (κ3) is 10.3. The smallest absolute Gasteiger partial charge is 0.191 e. The number of rotatable bonds is 10. The van der Waals surface area contributed by atoms with E-state index in [2.05, 4.69) is 34.5 Å². The van der Waals surface area contributed by atoms with Crippen molar-refractivity contribution in [3.05, 3.63) is 34.9 Å². The monoisotopic (exact) mass is 468 g/mol. The first-order valence-corrected chi connectivity index (χ1v) is 8.48. The average molecular weight is 469 g/mol. The van der Waals surface area contributed by atoms with E-state index in [1.165, 1.54) is 0 Å². The second-order valence-corrected chi connectivity index (χ2v) is 5.77. The lowest BCUT2D eigenvalue weighted by atomic mass is 10.2. The highest BCUT2D eigenvalue weighted by molar-refractivity contribution is 14.0. The summed E-state index contributed by atoms with van der Waals surface area (Å²) in [6.07, 6.45) is 1.05. The molecule has 1 aromatic carbocycles. The molecule has 0 atom stereocenters. The van der Waals surface area contributed by atoms with E-state index in [0.717, 1.165) is 55.8 Å². The van der Waals surface area contributed by atoms with Gasteiger partial charge >= 0.3 is 0 Å². The zero-order valence-electron chi connectivity index (χ0n) is 14.8. The predicted octanol–water partition coefficient (Wildman–Crippen LogP) is 2.98. The third-order valence-electron chi connectivity index (χ3n) is 3.38. The Morgan fingerprint density at radius 3 is 2.67 bits per heavy atom. The minimum atomic E-state index is 0. The topological polar surface area (TPSA) is 48.9 Å². The van der Waals surface area contributed by atoms with Crippen molar-refractivity contribution in [2.75, 3.05) is 46.9 Å². The van der Waals surface area contributed by atoms with E-state index in [-0.39, 0.29) is 24.0 Å². The van der Waals surface area contributed by atoms with Gasteiger partial charge in [0.15, 0.2) is 5.96 Å². The first-order chi connectivity index (χ1) is 11.2. The lowest BCUT2D eigenvalue weighted by Crippen LogP contribution is -2.41. The molecule has 0 saturated carbocycles. The lowest BCUT2D eigenvalue weighted by molar-refractivity contribution is 0.180. The number of ether oxygens (including phenoxy) is 1. The Morgan fingerprint density at radius 1 is 1.25 bits per heavy atom. The van der Waals surface area contributed by atoms with Crippen molar-refractivity contribution in [3.63, 3.8) is 0 Å². The maximum absolute atomic E-state index is 6.16. The van der Waals surface area contributed by atoms with Gasteiger partial charge in [-0.1, -0.05) is 29.8 Å². The first-order valence-electron chi connectivity index (χ1n) is 8.10. The van der Waals surface area contributed by atoms with Gasteiger partial charge in [0.25, 0.3) is 0 Å². The quantitative estimate of drug-likeness (QED) is 0.240. The van der Waals surface area contributed by atoms with E-state index in [4.69, 9.17) is 16.3 Å². The molecule has 1 rings (SSSR count). The van der Waals surface area contributed by atoms with E-state index >= 15 is 0 Å². The van der Waals surface area contributed by atoms with E-state index in [1.807, 2.05) is 24.3 Å². The third-order valence-corrected chi connectivity index (χ3v) is 3.75. The van der Waals surface area contributed by atoms with Crippen LogP contribution in [0.4, 0.5) is 0 Å². The number of likely N-dealkylation sites (N-methyl/N-ethyl adjacent to an activating group) is 1. The molecule has 0 amide bonds. The number of hydrogen-bond donors (Lipinski definition) is 2. The number of benzene rings is 1. The molecule has 2 N–H and O–H groups in total. The van der Waals surface area contributed by atoms with Crippen LogP contribution in [0.2, 0.25) is 5.02 Å². The van der Waals surface area contributed by atoms with Crippen molar-refractivity contribution in [2.24, 2.45) is 4.99 Å². The van der Waals surface area contributed by atoms with Gasteiger partial charge in [0.2, 0.25) is 0 Å². The fourth-order valence-corrected chi connectivity index (χ4v) is 2.28. The maximum Gasteiger partial charge on any atom is 0.191 e. The molecule has 0 unspecified atom stereocenters. The second kappa shape index (κ2) is 14.7. The summed E-state index contributed by atoms with van der Waals surface area (Å²) < 4.78 is 5.07.